The van der Waals surface area contributed by atoms with Crippen molar-refractivity contribution < 1.29 is 34.3 Å². The third-order valence-electron chi connectivity index (χ3n) is 5.54. The molecule has 1 atom stereocenters. The maximum Gasteiger partial charge on any atom is 0.397 e. The lowest BCUT2D eigenvalue weighted by atomic mass is 10.0. The molecule has 0 fully saturated rings. The van der Waals surface area contributed by atoms with Gasteiger partial charge in [-0.1, -0.05) is 110 Å². The zero-order chi connectivity index (χ0) is 24.1. The zero-order valence-electron chi connectivity index (χ0n) is 19.9. The zero-order valence-corrected chi connectivity index (χ0v) is 21.5. The summed E-state index contributed by atoms with van der Waals surface area (Å²) >= 11 is 0. The monoisotopic (exact) mass is 502 g/mol. The van der Waals surface area contributed by atoms with Gasteiger partial charge in [-0.2, -0.15) is 16.8 Å². The van der Waals surface area contributed by atoms with Crippen LogP contribution < -0.4 is 0 Å². The lowest BCUT2D eigenvalue weighted by Crippen LogP contribution is -2.18. The van der Waals surface area contributed by atoms with Crippen molar-refractivity contribution in [2.45, 2.75) is 135 Å². The molecule has 0 aromatic carbocycles. The Morgan fingerprint density at radius 3 is 1.31 bits per heavy atom. The fourth-order valence-corrected chi connectivity index (χ4v) is 4.66. The van der Waals surface area contributed by atoms with Crippen LogP contribution >= 0.6 is 0 Å². The van der Waals surface area contributed by atoms with Crippen molar-refractivity contribution in [3.05, 3.63) is 0 Å². The molecule has 0 spiro atoms. The minimum atomic E-state index is -4.39. The van der Waals surface area contributed by atoms with E-state index in [4.69, 9.17) is 13.3 Å². The van der Waals surface area contributed by atoms with E-state index in [9.17, 15) is 16.8 Å². The average molecular weight is 503 g/mol. The Bertz CT molecular complexity index is 620. The molecule has 0 rings (SSSR count). The molecular formula is C22H46O8S2. The molecule has 32 heavy (non-hydrogen) atoms. The predicted octanol–water partition coefficient (Wildman–Crippen LogP) is 6.43. The number of rotatable bonds is 24. The number of unbranched alkanes of at least 4 members (excludes halogenated alkanes) is 15. The molecule has 0 saturated heterocycles. The summed E-state index contributed by atoms with van der Waals surface area (Å²) in [4.78, 5) is 0. The van der Waals surface area contributed by atoms with Crippen LogP contribution in [0.2, 0.25) is 0 Å². The quantitative estimate of drug-likeness (QED) is 0.114. The minimum Gasteiger partial charge on any atom is -0.264 e. The van der Waals surface area contributed by atoms with Gasteiger partial charge in [0.1, 0.15) is 0 Å². The highest BCUT2D eigenvalue weighted by Gasteiger charge is 2.16. The smallest absolute Gasteiger partial charge is 0.264 e. The molecule has 0 radical (unpaired) electrons. The van der Waals surface area contributed by atoms with Gasteiger partial charge < -0.3 is 0 Å². The molecule has 2 N–H and O–H groups in total. The van der Waals surface area contributed by atoms with Gasteiger partial charge in [-0.25, -0.2) is 8.37 Å². The molecule has 0 aliphatic heterocycles. The van der Waals surface area contributed by atoms with Gasteiger partial charge in [0.05, 0.1) is 12.7 Å². The number of hydrogen-bond acceptors (Lipinski definition) is 6. The van der Waals surface area contributed by atoms with Crippen molar-refractivity contribution in [2.24, 2.45) is 0 Å². The lowest BCUT2D eigenvalue weighted by molar-refractivity contribution is 0.157. The van der Waals surface area contributed by atoms with Crippen LogP contribution in [0.25, 0.3) is 0 Å². The van der Waals surface area contributed by atoms with Crippen molar-refractivity contribution >= 4 is 20.8 Å². The molecule has 0 saturated carbocycles. The molecule has 0 aromatic rings. The summed E-state index contributed by atoms with van der Waals surface area (Å²) in [5.41, 5.74) is 0. The van der Waals surface area contributed by atoms with Gasteiger partial charge in [0.25, 0.3) is 0 Å². The van der Waals surface area contributed by atoms with Crippen molar-refractivity contribution in [3.8, 4) is 0 Å². The highest BCUT2D eigenvalue weighted by Crippen LogP contribution is 2.18. The van der Waals surface area contributed by atoms with E-state index in [0.717, 1.165) is 70.6 Å². The summed E-state index contributed by atoms with van der Waals surface area (Å²) in [6.45, 7) is 2.21. The molecule has 194 valence electrons. The second-order valence-electron chi connectivity index (χ2n) is 8.63. The summed E-state index contributed by atoms with van der Waals surface area (Å²) in [6, 6.07) is 0. The summed E-state index contributed by atoms with van der Waals surface area (Å²) in [5.74, 6) is 0. The Morgan fingerprint density at radius 1 is 0.562 bits per heavy atom. The van der Waals surface area contributed by atoms with Crippen LogP contribution in [0.5, 0.6) is 0 Å². The Kier molecular flexibility index (Phi) is 20.0. The maximum absolute atomic E-state index is 11.1. The van der Waals surface area contributed by atoms with Gasteiger partial charge >= 0.3 is 20.8 Å². The van der Waals surface area contributed by atoms with Crippen LogP contribution in [-0.2, 0) is 29.2 Å². The molecule has 0 bridgehead atoms. The van der Waals surface area contributed by atoms with E-state index in [2.05, 4.69) is 11.1 Å². The van der Waals surface area contributed by atoms with Crippen LogP contribution in [0.3, 0.4) is 0 Å². The Hall–Kier alpha value is -0.260. The summed E-state index contributed by atoms with van der Waals surface area (Å²) in [6.07, 6.45) is 19.1. The first kappa shape index (κ1) is 31.7. The van der Waals surface area contributed by atoms with Gasteiger partial charge in [0, 0.05) is 0 Å². The minimum absolute atomic E-state index is 0.0356. The standard InChI is InChI=1S/C22H46O8S2/c1-2-3-4-5-13-16-19-22(30-32(26,27)28)20-17-14-11-9-7-6-8-10-12-15-18-21-29-31(23,24)25/h22H,2-21H2,1H3,(H,23,24,25)(H,26,27,28). The highest BCUT2D eigenvalue weighted by atomic mass is 32.3. The van der Waals surface area contributed by atoms with Crippen LogP contribution in [0, 0.1) is 0 Å². The first-order valence-corrected chi connectivity index (χ1v) is 15.1. The second kappa shape index (κ2) is 20.1. The van der Waals surface area contributed by atoms with E-state index in [1.54, 1.807) is 0 Å². The Balaban J connectivity index is 3.63. The molecule has 0 amide bonds. The SMILES string of the molecule is CCCCCCCCC(CCCCCCCCCCCCCOS(=O)(=O)O)OS(=O)(=O)O. The fraction of sp³-hybridized carbons (Fsp3) is 1.00. The summed E-state index contributed by atoms with van der Waals surface area (Å²) in [5, 5.41) is 0. The molecule has 0 aliphatic rings. The largest absolute Gasteiger partial charge is 0.397 e. The van der Waals surface area contributed by atoms with Gasteiger partial charge in [-0.05, 0) is 19.3 Å². The van der Waals surface area contributed by atoms with Gasteiger partial charge in [-0.15, -0.1) is 0 Å². The van der Waals surface area contributed by atoms with Crippen LogP contribution in [0.15, 0.2) is 0 Å². The van der Waals surface area contributed by atoms with Crippen molar-refractivity contribution in [1.29, 1.82) is 0 Å². The van der Waals surface area contributed by atoms with E-state index < -0.39 is 26.9 Å². The van der Waals surface area contributed by atoms with E-state index in [1.807, 2.05) is 0 Å². The second-order valence-corrected chi connectivity index (χ2v) is 10.8. The van der Waals surface area contributed by atoms with Crippen LogP contribution in [-0.4, -0.2) is 38.7 Å². The van der Waals surface area contributed by atoms with Crippen LogP contribution in [0.1, 0.15) is 129 Å². The van der Waals surface area contributed by atoms with E-state index >= 15 is 0 Å². The molecule has 0 aromatic heterocycles. The third-order valence-corrected chi connectivity index (χ3v) is 6.52. The normalized spacial score (nSPS) is 13.5. The fourth-order valence-electron chi connectivity index (χ4n) is 3.79. The van der Waals surface area contributed by atoms with E-state index in [-0.39, 0.29) is 6.61 Å². The molecule has 0 heterocycles. The molecule has 1 unspecified atom stereocenters. The molecular weight excluding hydrogens is 456 g/mol. The third kappa shape index (κ3) is 26.0. The van der Waals surface area contributed by atoms with Crippen molar-refractivity contribution in [1.82, 2.24) is 0 Å². The highest BCUT2D eigenvalue weighted by molar-refractivity contribution is 7.81. The molecule has 10 heteroatoms. The van der Waals surface area contributed by atoms with Crippen molar-refractivity contribution in [2.75, 3.05) is 6.61 Å². The predicted molar refractivity (Wildman–Crippen MR) is 127 cm³/mol. The van der Waals surface area contributed by atoms with Crippen LogP contribution in [0.4, 0.5) is 0 Å². The Morgan fingerprint density at radius 2 is 0.938 bits per heavy atom. The average Bonchev–Trinajstić information content (AvgIpc) is 2.68. The molecule has 8 nitrogen and oxygen atoms in total. The maximum atomic E-state index is 11.1. The molecule has 0 aliphatic carbocycles. The first-order chi connectivity index (χ1) is 15.1. The van der Waals surface area contributed by atoms with E-state index in [1.165, 1.54) is 32.1 Å². The van der Waals surface area contributed by atoms with Gasteiger partial charge in [0.2, 0.25) is 0 Å². The summed E-state index contributed by atoms with van der Waals surface area (Å²) < 4.78 is 69.5. The first-order valence-electron chi connectivity index (χ1n) is 12.4. The van der Waals surface area contributed by atoms with E-state index in [0.29, 0.717) is 19.3 Å². The topological polar surface area (TPSA) is 127 Å². The van der Waals surface area contributed by atoms with Crippen molar-refractivity contribution in [3.63, 3.8) is 0 Å². The summed E-state index contributed by atoms with van der Waals surface area (Å²) in [7, 11) is -8.70. The Labute approximate surface area is 196 Å². The van der Waals surface area contributed by atoms with Gasteiger partial charge in [-0.3, -0.25) is 9.11 Å². The lowest BCUT2D eigenvalue weighted by Gasteiger charge is -2.15. The number of hydrogen-bond donors (Lipinski definition) is 2. The van der Waals surface area contributed by atoms with Gasteiger partial charge in [0.15, 0.2) is 0 Å².